The van der Waals surface area contributed by atoms with Gasteiger partial charge in [-0.05, 0) is 24.3 Å². The lowest BCUT2D eigenvalue weighted by atomic mass is 10.1. The van der Waals surface area contributed by atoms with Gasteiger partial charge in [0.05, 0.1) is 11.7 Å². The molecule has 0 unspecified atom stereocenters. The van der Waals surface area contributed by atoms with Crippen molar-refractivity contribution in [2.45, 2.75) is 0 Å². The number of benzene rings is 1. The van der Waals surface area contributed by atoms with Crippen LogP contribution in [0.4, 0.5) is 5.82 Å². The number of hydrogen-bond acceptors (Lipinski definition) is 4. The van der Waals surface area contributed by atoms with Gasteiger partial charge in [-0.1, -0.05) is 6.07 Å². The molecule has 0 saturated carbocycles. The van der Waals surface area contributed by atoms with Crippen molar-refractivity contribution in [3.8, 4) is 0 Å². The Morgan fingerprint density at radius 1 is 1.32 bits per heavy atom. The van der Waals surface area contributed by atoms with Crippen molar-refractivity contribution in [1.82, 2.24) is 20.0 Å². The van der Waals surface area contributed by atoms with Crippen LogP contribution in [0.1, 0.15) is 10.4 Å². The first kappa shape index (κ1) is 11.3. The molecule has 6 heteroatoms. The highest BCUT2D eigenvalue weighted by Gasteiger charge is 2.08. The first-order valence-corrected chi connectivity index (χ1v) is 5.75. The molecule has 0 bridgehead atoms. The highest BCUT2D eigenvalue weighted by atomic mass is 16.1. The number of rotatable bonds is 2. The van der Waals surface area contributed by atoms with Gasteiger partial charge in [-0.15, -0.1) is 5.10 Å². The second-order valence-electron chi connectivity index (χ2n) is 4.08. The van der Waals surface area contributed by atoms with E-state index in [2.05, 4.69) is 20.5 Å². The summed E-state index contributed by atoms with van der Waals surface area (Å²) < 4.78 is 0. The van der Waals surface area contributed by atoms with Crippen LogP contribution in [0, 0.1) is 0 Å². The normalized spacial score (nSPS) is 10.6. The summed E-state index contributed by atoms with van der Waals surface area (Å²) in [5, 5.41) is 11.5. The second kappa shape index (κ2) is 4.49. The van der Waals surface area contributed by atoms with Gasteiger partial charge in [-0.2, -0.15) is 9.90 Å². The molecule has 94 valence electrons. The van der Waals surface area contributed by atoms with Crippen LogP contribution in [-0.4, -0.2) is 25.9 Å². The molecule has 1 aromatic carbocycles. The molecule has 2 heterocycles. The minimum absolute atomic E-state index is 0.216. The summed E-state index contributed by atoms with van der Waals surface area (Å²) in [4.78, 5) is 17.7. The monoisotopic (exact) mass is 253 g/mol. The predicted octanol–water partition coefficient (Wildman–Crippen LogP) is 1.62. The molecule has 0 aliphatic heterocycles. The maximum atomic E-state index is 12.1. The van der Waals surface area contributed by atoms with Gasteiger partial charge in [0.25, 0.3) is 5.91 Å². The van der Waals surface area contributed by atoms with Gasteiger partial charge in [0, 0.05) is 24.2 Å². The second-order valence-corrected chi connectivity index (χ2v) is 4.08. The van der Waals surface area contributed by atoms with Crippen LogP contribution < -0.4 is 5.32 Å². The Hall–Kier alpha value is -2.76. The highest BCUT2D eigenvalue weighted by molar-refractivity contribution is 6.05. The average Bonchev–Trinajstić information content (AvgIpc) is 2.83. The minimum atomic E-state index is -0.216. The van der Waals surface area contributed by atoms with E-state index in [9.17, 15) is 4.79 Å². The Balaban J connectivity index is 1.89. The molecule has 19 heavy (non-hydrogen) atoms. The molecular formula is C13H11N5O. The topological polar surface area (TPSA) is 72.7 Å². The zero-order chi connectivity index (χ0) is 13.2. The molecule has 3 aromatic rings. The predicted molar refractivity (Wildman–Crippen MR) is 70.7 cm³/mol. The number of anilines is 1. The lowest BCUT2D eigenvalue weighted by Gasteiger charge is -2.03. The summed E-state index contributed by atoms with van der Waals surface area (Å²) in [6.07, 6.45) is 3.22. The van der Waals surface area contributed by atoms with Crippen molar-refractivity contribution < 1.29 is 4.79 Å². The molecule has 2 aromatic heterocycles. The number of nitrogens with one attached hydrogen (secondary N) is 1. The van der Waals surface area contributed by atoms with Crippen molar-refractivity contribution in [3.63, 3.8) is 0 Å². The summed E-state index contributed by atoms with van der Waals surface area (Å²) in [6, 6.07) is 9.12. The molecule has 0 aliphatic carbocycles. The molecule has 3 rings (SSSR count). The third kappa shape index (κ3) is 2.28. The van der Waals surface area contributed by atoms with E-state index in [1.807, 2.05) is 18.2 Å². The number of nitrogens with zero attached hydrogens (tertiary/aromatic N) is 4. The number of hydrogen-bond donors (Lipinski definition) is 1. The molecule has 0 spiro atoms. The molecule has 1 N–H and O–H groups in total. The van der Waals surface area contributed by atoms with Crippen LogP contribution in [0.25, 0.3) is 10.9 Å². The minimum Gasteiger partial charge on any atom is -0.304 e. The molecule has 0 atom stereocenters. The van der Waals surface area contributed by atoms with E-state index in [0.29, 0.717) is 11.4 Å². The van der Waals surface area contributed by atoms with E-state index >= 15 is 0 Å². The number of aryl methyl sites for hydroxylation is 1. The van der Waals surface area contributed by atoms with Crippen molar-refractivity contribution in [2.75, 3.05) is 5.32 Å². The standard InChI is InChI=1S/C13H11N5O/c1-18-15-8-12(17-18)16-13(19)10-4-5-11-9(7-10)3-2-6-14-11/h2-8H,1H3,(H,16,17,19). The van der Waals surface area contributed by atoms with Crippen LogP contribution in [0.2, 0.25) is 0 Å². The summed E-state index contributed by atoms with van der Waals surface area (Å²) in [5.41, 5.74) is 1.42. The Labute approximate surface area is 109 Å². The zero-order valence-electron chi connectivity index (χ0n) is 10.2. The van der Waals surface area contributed by atoms with Gasteiger partial charge in [-0.25, -0.2) is 0 Å². The fourth-order valence-corrected chi connectivity index (χ4v) is 1.81. The maximum absolute atomic E-state index is 12.1. The van der Waals surface area contributed by atoms with E-state index in [0.717, 1.165) is 10.9 Å². The van der Waals surface area contributed by atoms with E-state index in [4.69, 9.17) is 0 Å². The molecule has 1 amide bonds. The summed E-state index contributed by atoms with van der Waals surface area (Å²) >= 11 is 0. The van der Waals surface area contributed by atoms with Crippen LogP contribution in [-0.2, 0) is 7.05 Å². The highest BCUT2D eigenvalue weighted by Crippen LogP contribution is 2.14. The van der Waals surface area contributed by atoms with E-state index in [1.165, 1.54) is 11.0 Å². The Kier molecular flexibility index (Phi) is 2.68. The van der Waals surface area contributed by atoms with Gasteiger partial charge >= 0.3 is 0 Å². The lowest BCUT2D eigenvalue weighted by Crippen LogP contribution is -2.12. The van der Waals surface area contributed by atoms with Crippen molar-refractivity contribution in [2.24, 2.45) is 7.05 Å². The van der Waals surface area contributed by atoms with E-state index in [1.54, 1.807) is 25.4 Å². The SMILES string of the molecule is Cn1ncc(NC(=O)c2ccc3ncccc3c2)n1. The fraction of sp³-hybridized carbons (Fsp3) is 0.0769. The molecular weight excluding hydrogens is 242 g/mol. The zero-order valence-corrected chi connectivity index (χ0v) is 10.2. The number of carbonyl (C=O) groups excluding carboxylic acids is 1. The number of pyridine rings is 1. The Morgan fingerprint density at radius 3 is 3.00 bits per heavy atom. The largest absolute Gasteiger partial charge is 0.304 e. The molecule has 0 aliphatic rings. The molecule has 6 nitrogen and oxygen atoms in total. The Morgan fingerprint density at radius 2 is 2.21 bits per heavy atom. The van der Waals surface area contributed by atoms with Crippen LogP contribution in [0.3, 0.4) is 0 Å². The van der Waals surface area contributed by atoms with Crippen molar-refractivity contribution in [1.29, 1.82) is 0 Å². The van der Waals surface area contributed by atoms with E-state index < -0.39 is 0 Å². The lowest BCUT2D eigenvalue weighted by molar-refractivity contribution is 0.102. The Bertz CT molecular complexity index is 749. The smallest absolute Gasteiger partial charge is 0.256 e. The van der Waals surface area contributed by atoms with Gasteiger partial charge in [-0.3, -0.25) is 9.78 Å². The quantitative estimate of drug-likeness (QED) is 0.753. The third-order valence-electron chi connectivity index (χ3n) is 2.71. The number of fused-ring (bicyclic) bond motifs is 1. The van der Waals surface area contributed by atoms with Crippen LogP contribution in [0.15, 0.2) is 42.7 Å². The van der Waals surface area contributed by atoms with Crippen molar-refractivity contribution >= 4 is 22.6 Å². The summed E-state index contributed by atoms with van der Waals surface area (Å²) in [6.45, 7) is 0. The first-order valence-electron chi connectivity index (χ1n) is 5.75. The number of aromatic nitrogens is 4. The van der Waals surface area contributed by atoms with Crippen LogP contribution in [0.5, 0.6) is 0 Å². The fourth-order valence-electron chi connectivity index (χ4n) is 1.81. The van der Waals surface area contributed by atoms with Gasteiger partial charge in [0.1, 0.15) is 0 Å². The van der Waals surface area contributed by atoms with Gasteiger partial charge in [0.2, 0.25) is 0 Å². The summed E-state index contributed by atoms with van der Waals surface area (Å²) in [7, 11) is 1.69. The van der Waals surface area contributed by atoms with Crippen LogP contribution >= 0.6 is 0 Å². The molecule has 0 saturated heterocycles. The average molecular weight is 253 g/mol. The van der Waals surface area contributed by atoms with Crippen molar-refractivity contribution in [3.05, 3.63) is 48.3 Å². The van der Waals surface area contributed by atoms with Gasteiger partial charge in [0.15, 0.2) is 5.82 Å². The van der Waals surface area contributed by atoms with Gasteiger partial charge < -0.3 is 5.32 Å². The third-order valence-corrected chi connectivity index (χ3v) is 2.71. The number of amides is 1. The molecule has 0 fully saturated rings. The maximum Gasteiger partial charge on any atom is 0.256 e. The number of carbonyl (C=O) groups is 1. The summed E-state index contributed by atoms with van der Waals surface area (Å²) in [5.74, 6) is 0.213. The van der Waals surface area contributed by atoms with E-state index in [-0.39, 0.29) is 5.91 Å². The molecule has 0 radical (unpaired) electrons. The first-order chi connectivity index (χ1) is 9.22.